The third-order valence-corrected chi connectivity index (χ3v) is 5.29. The number of H-pyrrole nitrogens is 1. The highest BCUT2D eigenvalue weighted by Gasteiger charge is 2.22. The molecule has 5 heteroatoms. The molecular weight excluding hydrogens is 338 g/mol. The molecule has 27 heavy (non-hydrogen) atoms. The standard InChI is InChI=1S/C22H25N3O2/c1-27-19-7-8-21-20(14-19)18(15-23-21)13-22(26)25-11-9-24(10-12-25)16-17-5-3-2-4-6-17/h2-8,14-15,23H,9-13,16H2,1H3. The van der Waals surface area contributed by atoms with Crippen molar-refractivity contribution in [1.82, 2.24) is 14.8 Å². The Morgan fingerprint density at radius 3 is 2.59 bits per heavy atom. The molecule has 3 aromatic rings. The molecule has 2 aromatic carbocycles. The van der Waals surface area contributed by atoms with Crippen LogP contribution >= 0.6 is 0 Å². The zero-order valence-electron chi connectivity index (χ0n) is 15.6. The van der Waals surface area contributed by atoms with Gasteiger partial charge in [-0.25, -0.2) is 0 Å². The molecule has 2 heterocycles. The molecule has 0 spiro atoms. The largest absolute Gasteiger partial charge is 0.497 e. The molecule has 1 aromatic heterocycles. The van der Waals surface area contributed by atoms with Gasteiger partial charge in [-0.2, -0.15) is 0 Å². The molecule has 1 N–H and O–H groups in total. The first-order chi connectivity index (χ1) is 13.2. The Morgan fingerprint density at radius 2 is 1.85 bits per heavy atom. The van der Waals surface area contributed by atoms with Crippen LogP contribution in [0.25, 0.3) is 10.9 Å². The summed E-state index contributed by atoms with van der Waals surface area (Å²) in [4.78, 5) is 20.4. The molecule has 1 aliphatic rings. The molecule has 1 fully saturated rings. The predicted octanol–water partition coefficient (Wildman–Crippen LogP) is 3.06. The number of piperazine rings is 1. The lowest BCUT2D eigenvalue weighted by Gasteiger charge is -2.34. The minimum Gasteiger partial charge on any atom is -0.497 e. The topological polar surface area (TPSA) is 48.6 Å². The molecule has 0 bridgehead atoms. The van der Waals surface area contributed by atoms with Crippen molar-refractivity contribution in [1.29, 1.82) is 0 Å². The van der Waals surface area contributed by atoms with Crippen LogP contribution in [0, 0.1) is 0 Å². The number of methoxy groups -OCH3 is 1. The molecule has 0 unspecified atom stereocenters. The van der Waals surface area contributed by atoms with Gasteiger partial charge in [0.25, 0.3) is 0 Å². The maximum absolute atomic E-state index is 12.8. The van der Waals surface area contributed by atoms with Crippen LogP contribution < -0.4 is 4.74 Å². The quantitative estimate of drug-likeness (QED) is 0.758. The van der Waals surface area contributed by atoms with Crippen molar-refractivity contribution in [3.8, 4) is 5.75 Å². The van der Waals surface area contributed by atoms with E-state index >= 15 is 0 Å². The van der Waals surface area contributed by atoms with E-state index in [0.717, 1.165) is 54.9 Å². The number of ether oxygens (including phenoxy) is 1. The van der Waals surface area contributed by atoms with E-state index < -0.39 is 0 Å². The van der Waals surface area contributed by atoms with Gasteiger partial charge < -0.3 is 14.6 Å². The van der Waals surface area contributed by atoms with Crippen LogP contribution in [0.1, 0.15) is 11.1 Å². The molecule has 0 atom stereocenters. The van der Waals surface area contributed by atoms with E-state index in [4.69, 9.17) is 4.74 Å². The number of aromatic amines is 1. The van der Waals surface area contributed by atoms with Crippen LogP contribution in [-0.4, -0.2) is 54.0 Å². The number of rotatable bonds is 5. The molecular formula is C22H25N3O2. The second-order valence-electron chi connectivity index (χ2n) is 7.04. The van der Waals surface area contributed by atoms with Crippen LogP contribution in [0.5, 0.6) is 5.75 Å². The highest BCUT2D eigenvalue weighted by Crippen LogP contribution is 2.24. The summed E-state index contributed by atoms with van der Waals surface area (Å²) in [6.45, 7) is 4.37. The maximum Gasteiger partial charge on any atom is 0.227 e. The number of fused-ring (bicyclic) bond motifs is 1. The maximum atomic E-state index is 12.8. The summed E-state index contributed by atoms with van der Waals surface area (Å²) in [5.74, 6) is 1.00. The third kappa shape index (κ3) is 3.98. The number of hydrogen-bond donors (Lipinski definition) is 1. The van der Waals surface area contributed by atoms with E-state index in [9.17, 15) is 4.79 Å². The number of aromatic nitrogens is 1. The summed E-state index contributed by atoms with van der Waals surface area (Å²) < 4.78 is 5.31. The van der Waals surface area contributed by atoms with E-state index in [1.807, 2.05) is 35.4 Å². The second kappa shape index (κ2) is 7.84. The highest BCUT2D eigenvalue weighted by molar-refractivity contribution is 5.89. The fourth-order valence-corrected chi connectivity index (χ4v) is 3.70. The zero-order chi connectivity index (χ0) is 18.6. The number of carbonyl (C=O) groups is 1. The van der Waals surface area contributed by atoms with Gasteiger partial charge in [0.1, 0.15) is 5.75 Å². The van der Waals surface area contributed by atoms with Crippen LogP contribution in [0.3, 0.4) is 0 Å². The van der Waals surface area contributed by atoms with Crippen molar-refractivity contribution >= 4 is 16.8 Å². The van der Waals surface area contributed by atoms with E-state index in [0.29, 0.717) is 6.42 Å². The Morgan fingerprint density at radius 1 is 1.07 bits per heavy atom. The first-order valence-electron chi connectivity index (χ1n) is 9.41. The van der Waals surface area contributed by atoms with Gasteiger partial charge in [-0.15, -0.1) is 0 Å². The SMILES string of the molecule is COc1ccc2[nH]cc(CC(=O)N3CCN(Cc4ccccc4)CC3)c2c1. The first-order valence-corrected chi connectivity index (χ1v) is 9.41. The Kier molecular flexibility index (Phi) is 5.12. The summed E-state index contributed by atoms with van der Waals surface area (Å²) >= 11 is 0. The van der Waals surface area contributed by atoms with Crippen molar-refractivity contribution in [2.24, 2.45) is 0 Å². The van der Waals surface area contributed by atoms with Crippen molar-refractivity contribution in [2.75, 3.05) is 33.3 Å². The van der Waals surface area contributed by atoms with Crippen LogP contribution in [0.4, 0.5) is 0 Å². The Hall–Kier alpha value is -2.79. The van der Waals surface area contributed by atoms with Crippen LogP contribution in [-0.2, 0) is 17.8 Å². The Bertz CT molecular complexity index is 912. The molecule has 1 amide bonds. The molecule has 0 saturated carbocycles. The molecule has 1 aliphatic heterocycles. The minimum absolute atomic E-state index is 0.193. The third-order valence-electron chi connectivity index (χ3n) is 5.29. The number of hydrogen-bond acceptors (Lipinski definition) is 3. The molecule has 5 nitrogen and oxygen atoms in total. The van der Waals surface area contributed by atoms with Gasteiger partial charge in [0.15, 0.2) is 0 Å². The van der Waals surface area contributed by atoms with Gasteiger partial charge in [-0.3, -0.25) is 9.69 Å². The molecule has 140 valence electrons. The second-order valence-corrected chi connectivity index (χ2v) is 7.04. The summed E-state index contributed by atoms with van der Waals surface area (Å²) in [5, 5.41) is 1.06. The first kappa shape index (κ1) is 17.6. The van der Waals surface area contributed by atoms with Gasteiger partial charge in [-0.05, 0) is 29.3 Å². The van der Waals surface area contributed by atoms with E-state index in [-0.39, 0.29) is 5.91 Å². The van der Waals surface area contributed by atoms with Crippen molar-refractivity contribution in [3.63, 3.8) is 0 Å². The summed E-state index contributed by atoms with van der Waals surface area (Å²) in [5.41, 5.74) is 3.39. The van der Waals surface area contributed by atoms with E-state index in [1.54, 1.807) is 7.11 Å². The summed E-state index contributed by atoms with van der Waals surface area (Å²) in [7, 11) is 1.66. The van der Waals surface area contributed by atoms with Crippen LogP contribution in [0.15, 0.2) is 54.7 Å². The normalized spacial score (nSPS) is 15.2. The van der Waals surface area contributed by atoms with Gasteiger partial charge in [0.05, 0.1) is 13.5 Å². The van der Waals surface area contributed by atoms with Crippen molar-refractivity contribution in [2.45, 2.75) is 13.0 Å². The van der Waals surface area contributed by atoms with Crippen LogP contribution in [0.2, 0.25) is 0 Å². The van der Waals surface area contributed by atoms with E-state index in [1.165, 1.54) is 5.56 Å². The lowest BCUT2D eigenvalue weighted by molar-refractivity contribution is -0.132. The lowest BCUT2D eigenvalue weighted by atomic mass is 10.1. The van der Waals surface area contributed by atoms with Gasteiger partial charge in [0.2, 0.25) is 5.91 Å². The fraction of sp³-hybridized carbons (Fsp3) is 0.318. The average molecular weight is 363 g/mol. The number of nitrogens with one attached hydrogen (secondary N) is 1. The Labute approximate surface area is 159 Å². The van der Waals surface area contributed by atoms with E-state index in [2.05, 4.69) is 34.1 Å². The molecule has 4 rings (SSSR count). The lowest BCUT2D eigenvalue weighted by Crippen LogP contribution is -2.48. The van der Waals surface area contributed by atoms with Gasteiger partial charge in [-0.1, -0.05) is 30.3 Å². The van der Waals surface area contributed by atoms with Gasteiger partial charge in [0, 0.05) is 49.8 Å². The van der Waals surface area contributed by atoms with Gasteiger partial charge >= 0.3 is 0 Å². The number of carbonyl (C=O) groups excluding carboxylic acids is 1. The van der Waals surface area contributed by atoms with Crippen molar-refractivity contribution in [3.05, 3.63) is 65.9 Å². The van der Waals surface area contributed by atoms with Crippen molar-refractivity contribution < 1.29 is 9.53 Å². The molecule has 0 aliphatic carbocycles. The monoisotopic (exact) mass is 363 g/mol. The molecule has 1 saturated heterocycles. The summed E-state index contributed by atoms with van der Waals surface area (Å²) in [6.07, 6.45) is 2.36. The number of benzene rings is 2. The Balaban J connectivity index is 1.36. The smallest absolute Gasteiger partial charge is 0.227 e. The predicted molar refractivity (Wildman–Crippen MR) is 107 cm³/mol. The summed E-state index contributed by atoms with van der Waals surface area (Å²) in [6, 6.07) is 16.4. The number of amides is 1. The molecule has 0 radical (unpaired) electrons. The minimum atomic E-state index is 0.193. The average Bonchev–Trinajstić information content (AvgIpc) is 3.11. The highest BCUT2D eigenvalue weighted by atomic mass is 16.5. The zero-order valence-corrected chi connectivity index (χ0v) is 15.6. The number of nitrogens with zero attached hydrogens (tertiary/aromatic N) is 2. The fourth-order valence-electron chi connectivity index (χ4n) is 3.70.